The summed E-state index contributed by atoms with van der Waals surface area (Å²) < 4.78 is 18.1. The molecule has 30 heavy (non-hydrogen) atoms. The molecule has 0 amide bonds. The molecule has 0 radical (unpaired) electrons. The van der Waals surface area contributed by atoms with Gasteiger partial charge in [-0.15, -0.1) is 0 Å². The van der Waals surface area contributed by atoms with Crippen LogP contribution in [0.2, 0.25) is 0 Å². The largest absolute Gasteiger partial charge is 0.423 e. The fourth-order valence-corrected chi connectivity index (χ4v) is 3.11. The van der Waals surface area contributed by atoms with E-state index in [4.69, 9.17) is 4.42 Å². The Kier molecular flexibility index (Phi) is 5.48. The standard InChI is InChI=1S/C26H17FO3/c27-21-13-7-19(8-14-21)10-16-22(28)15-9-18-5-11-20(12-6-18)24-17-26(29)30-25-4-2-1-3-23(24)25/h1-17H. The fraction of sp³-hybridized carbons (Fsp3) is 0. The van der Waals surface area contributed by atoms with E-state index in [9.17, 15) is 14.0 Å². The summed E-state index contributed by atoms with van der Waals surface area (Å²) >= 11 is 0. The highest BCUT2D eigenvalue weighted by molar-refractivity contribution is 6.04. The Morgan fingerprint density at radius 2 is 1.40 bits per heavy atom. The molecule has 0 spiro atoms. The molecule has 1 aromatic heterocycles. The van der Waals surface area contributed by atoms with Crippen molar-refractivity contribution in [3.63, 3.8) is 0 Å². The number of allylic oxidation sites excluding steroid dienone is 2. The van der Waals surface area contributed by atoms with E-state index >= 15 is 0 Å². The first-order valence-corrected chi connectivity index (χ1v) is 9.37. The number of hydrogen-bond acceptors (Lipinski definition) is 3. The van der Waals surface area contributed by atoms with Gasteiger partial charge in [-0.3, -0.25) is 4.79 Å². The summed E-state index contributed by atoms with van der Waals surface area (Å²) in [7, 11) is 0. The van der Waals surface area contributed by atoms with Gasteiger partial charge in [0.15, 0.2) is 5.78 Å². The molecule has 0 aliphatic rings. The number of halogens is 1. The topological polar surface area (TPSA) is 47.3 Å². The van der Waals surface area contributed by atoms with Crippen LogP contribution in [0.15, 0.2) is 100 Å². The molecule has 0 atom stereocenters. The molecule has 1 heterocycles. The van der Waals surface area contributed by atoms with E-state index in [1.807, 2.05) is 42.5 Å². The zero-order chi connectivity index (χ0) is 20.9. The normalized spacial score (nSPS) is 11.5. The SMILES string of the molecule is O=C(C=Cc1ccc(F)cc1)C=Cc1ccc(-c2cc(=O)oc3ccccc23)cc1. The number of para-hydroxylation sites is 1. The van der Waals surface area contributed by atoms with Crippen molar-refractivity contribution in [3.05, 3.63) is 118 Å². The van der Waals surface area contributed by atoms with E-state index in [0.717, 1.165) is 27.6 Å². The highest BCUT2D eigenvalue weighted by atomic mass is 19.1. The summed E-state index contributed by atoms with van der Waals surface area (Å²) in [5.74, 6) is -0.485. The Morgan fingerprint density at radius 3 is 2.07 bits per heavy atom. The molecule has 4 aromatic rings. The molecule has 4 rings (SSSR count). The molecule has 0 N–H and O–H groups in total. The third-order valence-corrected chi connectivity index (χ3v) is 4.62. The molecule has 0 unspecified atom stereocenters. The van der Waals surface area contributed by atoms with Gasteiger partial charge in [0, 0.05) is 11.5 Å². The van der Waals surface area contributed by atoms with E-state index in [1.54, 1.807) is 30.4 Å². The second-order valence-electron chi connectivity index (χ2n) is 6.72. The van der Waals surface area contributed by atoms with Gasteiger partial charge < -0.3 is 4.42 Å². The van der Waals surface area contributed by atoms with E-state index in [1.165, 1.54) is 30.4 Å². The van der Waals surface area contributed by atoms with Crippen LogP contribution >= 0.6 is 0 Å². The van der Waals surface area contributed by atoms with Crippen LogP contribution in [0, 0.1) is 5.82 Å². The first-order valence-electron chi connectivity index (χ1n) is 9.37. The molecule has 3 aromatic carbocycles. The van der Waals surface area contributed by atoms with Gasteiger partial charge >= 0.3 is 5.63 Å². The van der Waals surface area contributed by atoms with Crippen LogP contribution in [0.5, 0.6) is 0 Å². The second kappa shape index (κ2) is 8.53. The maximum absolute atomic E-state index is 12.9. The Hall–Kier alpha value is -4.05. The smallest absolute Gasteiger partial charge is 0.336 e. The van der Waals surface area contributed by atoms with Crippen molar-refractivity contribution in [2.75, 3.05) is 0 Å². The lowest BCUT2D eigenvalue weighted by atomic mass is 10.0. The number of carbonyl (C=O) groups excluding carboxylic acids is 1. The summed E-state index contributed by atoms with van der Waals surface area (Å²) in [6.07, 6.45) is 6.27. The van der Waals surface area contributed by atoms with Gasteiger partial charge in [-0.2, -0.15) is 0 Å². The number of ketones is 1. The number of carbonyl (C=O) groups is 1. The number of fused-ring (bicyclic) bond motifs is 1. The van der Waals surface area contributed by atoms with Crippen LogP contribution in [0.1, 0.15) is 11.1 Å². The molecule has 0 fully saturated rings. The van der Waals surface area contributed by atoms with Gasteiger partial charge in [-0.1, -0.05) is 66.7 Å². The van der Waals surface area contributed by atoms with E-state index in [-0.39, 0.29) is 11.6 Å². The molecular weight excluding hydrogens is 379 g/mol. The summed E-state index contributed by atoms with van der Waals surface area (Å²) in [5.41, 5.74) is 3.44. The number of benzene rings is 3. The van der Waals surface area contributed by atoms with Gasteiger partial charge in [-0.25, -0.2) is 9.18 Å². The van der Waals surface area contributed by atoms with Crippen molar-refractivity contribution in [2.45, 2.75) is 0 Å². The molecule has 4 heteroatoms. The van der Waals surface area contributed by atoms with E-state index < -0.39 is 5.63 Å². The van der Waals surface area contributed by atoms with E-state index in [0.29, 0.717) is 5.58 Å². The van der Waals surface area contributed by atoms with Crippen molar-refractivity contribution in [3.8, 4) is 11.1 Å². The highest BCUT2D eigenvalue weighted by Gasteiger charge is 2.07. The summed E-state index contributed by atoms with van der Waals surface area (Å²) in [5, 5.41) is 0.863. The van der Waals surface area contributed by atoms with Crippen LogP contribution in [0.25, 0.3) is 34.2 Å². The quantitative estimate of drug-likeness (QED) is 0.312. The molecule has 0 saturated heterocycles. The minimum atomic E-state index is -0.397. The first-order chi connectivity index (χ1) is 14.6. The van der Waals surface area contributed by atoms with Crippen molar-refractivity contribution in [1.82, 2.24) is 0 Å². The van der Waals surface area contributed by atoms with E-state index in [2.05, 4.69) is 0 Å². The van der Waals surface area contributed by atoms with Gasteiger partial charge in [-0.05, 0) is 52.6 Å². The lowest BCUT2D eigenvalue weighted by Crippen LogP contribution is -1.97. The molecule has 0 saturated carbocycles. The molecule has 3 nitrogen and oxygen atoms in total. The van der Waals surface area contributed by atoms with Gasteiger partial charge in [0.2, 0.25) is 0 Å². The van der Waals surface area contributed by atoms with Gasteiger partial charge in [0.1, 0.15) is 11.4 Å². The molecule has 0 bridgehead atoms. The molecular formula is C26H17FO3. The van der Waals surface area contributed by atoms with Crippen LogP contribution in [0.4, 0.5) is 4.39 Å². The van der Waals surface area contributed by atoms with Crippen molar-refractivity contribution in [1.29, 1.82) is 0 Å². The Morgan fingerprint density at radius 1 is 0.800 bits per heavy atom. The molecule has 0 aliphatic heterocycles. The maximum atomic E-state index is 12.9. The molecule has 0 aliphatic carbocycles. The Balaban J connectivity index is 1.51. The lowest BCUT2D eigenvalue weighted by Gasteiger charge is -2.06. The van der Waals surface area contributed by atoms with Crippen LogP contribution < -0.4 is 5.63 Å². The number of rotatable bonds is 5. The summed E-state index contributed by atoms with van der Waals surface area (Å²) in [6.45, 7) is 0. The zero-order valence-electron chi connectivity index (χ0n) is 15.9. The minimum Gasteiger partial charge on any atom is -0.423 e. The average Bonchev–Trinajstić information content (AvgIpc) is 2.77. The maximum Gasteiger partial charge on any atom is 0.336 e. The van der Waals surface area contributed by atoms with Gasteiger partial charge in [0.05, 0.1) is 0 Å². The van der Waals surface area contributed by atoms with Crippen molar-refractivity contribution in [2.24, 2.45) is 0 Å². The minimum absolute atomic E-state index is 0.171. The zero-order valence-corrected chi connectivity index (χ0v) is 15.9. The highest BCUT2D eigenvalue weighted by Crippen LogP contribution is 2.27. The van der Waals surface area contributed by atoms with Crippen molar-refractivity contribution < 1.29 is 13.6 Å². The Bertz CT molecular complexity index is 1310. The van der Waals surface area contributed by atoms with Crippen LogP contribution in [0.3, 0.4) is 0 Å². The monoisotopic (exact) mass is 396 g/mol. The Labute approximate surface area is 172 Å². The summed E-state index contributed by atoms with van der Waals surface area (Å²) in [6, 6.07) is 22.4. The third-order valence-electron chi connectivity index (χ3n) is 4.62. The van der Waals surface area contributed by atoms with Crippen molar-refractivity contribution >= 4 is 28.9 Å². The van der Waals surface area contributed by atoms with Crippen LogP contribution in [-0.2, 0) is 4.79 Å². The summed E-state index contributed by atoms with van der Waals surface area (Å²) in [4.78, 5) is 23.9. The fourth-order valence-electron chi connectivity index (χ4n) is 3.11. The predicted molar refractivity (Wildman–Crippen MR) is 117 cm³/mol. The van der Waals surface area contributed by atoms with Crippen LogP contribution in [-0.4, -0.2) is 5.78 Å². The average molecular weight is 396 g/mol. The number of hydrogen-bond donors (Lipinski definition) is 0. The second-order valence-corrected chi connectivity index (χ2v) is 6.72. The first kappa shape index (κ1) is 19.3. The predicted octanol–water partition coefficient (Wildman–Crippen LogP) is 5.89. The third kappa shape index (κ3) is 4.50. The molecule has 146 valence electrons. The van der Waals surface area contributed by atoms with Gasteiger partial charge in [0.25, 0.3) is 0 Å². The lowest BCUT2D eigenvalue weighted by molar-refractivity contribution is -0.110.